The van der Waals surface area contributed by atoms with E-state index in [2.05, 4.69) is 4.98 Å². The van der Waals surface area contributed by atoms with Gasteiger partial charge in [0.25, 0.3) is 0 Å². The van der Waals surface area contributed by atoms with Crippen molar-refractivity contribution in [1.82, 2.24) is 9.88 Å². The minimum Gasteiger partial charge on any atom is -0.496 e. The molecule has 100 valence electrons. The third-order valence-electron chi connectivity index (χ3n) is 3.42. The second kappa shape index (κ2) is 5.20. The van der Waals surface area contributed by atoms with E-state index in [1.54, 1.807) is 13.3 Å². The van der Waals surface area contributed by atoms with Crippen LogP contribution in [-0.4, -0.2) is 47.5 Å². The molecule has 2 rings (SSSR count). The Kier molecular flexibility index (Phi) is 3.82. The number of nitrogens with zero attached hydrogens (tertiary/aromatic N) is 2. The van der Waals surface area contributed by atoms with Crippen molar-refractivity contribution in [3.8, 4) is 5.75 Å². The summed E-state index contributed by atoms with van der Waals surface area (Å²) in [6.07, 6.45) is -0.268. The topological polar surface area (TPSA) is 45.6 Å². The molecule has 0 saturated carbocycles. The molecule has 2 heterocycles. The Morgan fingerprint density at radius 2 is 2.22 bits per heavy atom. The number of hydrogen-bond donors (Lipinski definition) is 1. The van der Waals surface area contributed by atoms with E-state index in [0.29, 0.717) is 13.1 Å². The Morgan fingerprint density at radius 3 is 2.78 bits per heavy atom. The molecule has 2 atom stereocenters. The highest BCUT2D eigenvalue weighted by molar-refractivity contribution is 5.41. The lowest BCUT2D eigenvalue weighted by atomic mass is 10.1. The Bertz CT molecular complexity index is 429. The van der Waals surface area contributed by atoms with Crippen LogP contribution in [0.2, 0.25) is 0 Å². The predicted molar refractivity (Wildman–Crippen MR) is 66.4 cm³/mol. The summed E-state index contributed by atoms with van der Waals surface area (Å²) in [6, 6.07) is 0. The van der Waals surface area contributed by atoms with Gasteiger partial charge in [0.05, 0.1) is 18.9 Å². The fraction of sp³-hybridized carbons (Fsp3) is 0.615. The van der Waals surface area contributed by atoms with E-state index in [9.17, 15) is 9.50 Å². The van der Waals surface area contributed by atoms with Crippen molar-refractivity contribution >= 4 is 0 Å². The average molecular weight is 254 g/mol. The highest BCUT2D eigenvalue weighted by atomic mass is 19.1. The normalized spacial score (nSPS) is 24.5. The van der Waals surface area contributed by atoms with Gasteiger partial charge in [-0.1, -0.05) is 0 Å². The maximum absolute atomic E-state index is 13.2. The molecule has 0 radical (unpaired) electrons. The Balaban J connectivity index is 2.15. The van der Waals surface area contributed by atoms with E-state index >= 15 is 0 Å². The Hall–Kier alpha value is -1.20. The van der Waals surface area contributed by atoms with E-state index in [1.807, 2.05) is 18.7 Å². The quantitative estimate of drug-likeness (QED) is 0.881. The van der Waals surface area contributed by atoms with Crippen molar-refractivity contribution in [2.24, 2.45) is 0 Å². The van der Waals surface area contributed by atoms with Crippen molar-refractivity contribution < 1.29 is 14.2 Å². The SMILES string of the molecule is COc1c(C)cnc(CN2C[C@@H](O)[C@H](F)C2)c1C. The first kappa shape index (κ1) is 13.2. The van der Waals surface area contributed by atoms with Gasteiger partial charge in [0.2, 0.25) is 0 Å². The van der Waals surface area contributed by atoms with E-state index in [1.165, 1.54) is 0 Å². The monoisotopic (exact) mass is 254 g/mol. The lowest BCUT2D eigenvalue weighted by Crippen LogP contribution is -2.22. The Morgan fingerprint density at radius 1 is 1.50 bits per heavy atom. The summed E-state index contributed by atoms with van der Waals surface area (Å²) in [5.41, 5.74) is 2.84. The van der Waals surface area contributed by atoms with Crippen LogP contribution in [0.15, 0.2) is 6.20 Å². The third-order valence-corrected chi connectivity index (χ3v) is 3.42. The molecule has 5 heteroatoms. The molecule has 1 aromatic heterocycles. The summed E-state index contributed by atoms with van der Waals surface area (Å²) in [6.45, 7) is 5.06. The standard InChI is InChI=1S/C13H19FN2O2/c1-8-4-15-11(9(2)13(8)18-3)6-16-5-10(14)12(17)7-16/h4,10,12,17H,5-7H2,1-3H3/t10-,12-/m1/s1. The molecule has 0 bridgehead atoms. The van der Waals surface area contributed by atoms with Gasteiger partial charge < -0.3 is 9.84 Å². The molecule has 0 amide bonds. The van der Waals surface area contributed by atoms with E-state index in [-0.39, 0.29) is 6.54 Å². The number of likely N-dealkylation sites (tertiary alicyclic amines) is 1. The van der Waals surface area contributed by atoms with Crippen LogP contribution in [0.3, 0.4) is 0 Å². The van der Waals surface area contributed by atoms with Gasteiger partial charge in [0.1, 0.15) is 11.9 Å². The molecule has 1 aliphatic heterocycles. The molecule has 0 spiro atoms. The van der Waals surface area contributed by atoms with Crippen LogP contribution in [0, 0.1) is 13.8 Å². The fourth-order valence-electron chi connectivity index (χ4n) is 2.39. The third kappa shape index (κ3) is 2.47. The summed E-state index contributed by atoms with van der Waals surface area (Å²) < 4.78 is 18.6. The number of halogens is 1. The van der Waals surface area contributed by atoms with Gasteiger partial charge in [-0.15, -0.1) is 0 Å². The molecule has 1 aromatic rings. The van der Waals surface area contributed by atoms with Crippen LogP contribution >= 0.6 is 0 Å². The second-order valence-corrected chi connectivity index (χ2v) is 4.82. The average Bonchev–Trinajstić information content (AvgIpc) is 2.63. The molecule has 18 heavy (non-hydrogen) atoms. The number of aryl methyl sites for hydroxylation is 1. The fourth-order valence-corrected chi connectivity index (χ4v) is 2.39. The molecule has 1 fully saturated rings. The highest BCUT2D eigenvalue weighted by Gasteiger charge is 2.31. The maximum atomic E-state index is 13.2. The van der Waals surface area contributed by atoms with Crippen LogP contribution in [0.4, 0.5) is 4.39 Å². The molecule has 0 unspecified atom stereocenters. The summed E-state index contributed by atoms with van der Waals surface area (Å²) in [7, 11) is 1.64. The number of ether oxygens (including phenoxy) is 1. The number of methoxy groups -OCH3 is 1. The number of aromatic nitrogens is 1. The van der Waals surface area contributed by atoms with Crippen LogP contribution in [0.1, 0.15) is 16.8 Å². The lowest BCUT2D eigenvalue weighted by molar-refractivity contribution is 0.115. The summed E-state index contributed by atoms with van der Waals surface area (Å²) >= 11 is 0. The molecule has 1 aliphatic rings. The van der Waals surface area contributed by atoms with Crippen LogP contribution < -0.4 is 4.74 Å². The zero-order valence-electron chi connectivity index (χ0n) is 11.0. The Labute approximate surface area is 106 Å². The zero-order chi connectivity index (χ0) is 13.3. The second-order valence-electron chi connectivity index (χ2n) is 4.82. The molecule has 4 nitrogen and oxygen atoms in total. The van der Waals surface area contributed by atoms with Gasteiger partial charge in [0.15, 0.2) is 0 Å². The molecule has 1 N–H and O–H groups in total. The minimum absolute atomic E-state index is 0.262. The number of aliphatic hydroxyl groups is 1. The van der Waals surface area contributed by atoms with Crippen LogP contribution in [0.25, 0.3) is 0 Å². The number of hydrogen-bond acceptors (Lipinski definition) is 4. The van der Waals surface area contributed by atoms with Gasteiger partial charge in [0, 0.05) is 37.0 Å². The minimum atomic E-state index is -1.15. The summed E-state index contributed by atoms with van der Waals surface area (Å²) in [4.78, 5) is 6.25. The maximum Gasteiger partial charge on any atom is 0.140 e. The molecular formula is C13H19FN2O2. The smallest absolute Gasteiger partial charge is 0.140 e. The largest absolute Gasteiger partial charge is 0.496 e. The van der Waals surface area contributed by atoms with E-state index < -0.39 is 12.3 Å². The van der Waals surface area contributed by atoms with Gasteiger partial charge >= 0.3 is 0 Å². The lowest BCUT2D eigenvalue weighted by Gasteiger charge is -2.17. The van der Waals surface area contributed by atoms with Crippen molar-refractivity contribution in [2.45, 2.75) is 32.7 Å². The summed E-state index contributed by atoms with van der Waals surface area (Å²) in [5.74, 6) is 0.830. The first-order valence-electron chi connectivity index (χ1n) is 6.06. The molecular weight excluding hydrogens is 235 g/mol. The number of aliphatic hydroxyl groups excluding tert-OH is 1. The first-order chi connectivity index (χ1) is 8.52. The van der Waals surface area contributed by atoms with E-state index in [0.717, 1.165) is 22.6 Å². The molecule has 0 aromatic carbocycles. The van der Waals surface area contributed by atoms with Crippen molar-refractivity contribution in [3.63, 3.8) is 0 Å². The molecule has 0 aliphatic carbocycles. The number of alkyl halides is 1. The first-order valence-corrected chi connectivity index (χ1v) is 6.06. The highest BCUT2D eigenvalue weighted by Crippen LogP contribution is 2.25. The predicted octanol–water partition coefficient (Wildman–Crippen LogP) is 1.22. The number of pyridine rings is 1. The number of rotatable bonds is 3. The van der Waals surface area contributed by atoms with Crippen molar-refractivity contribution in [1.29, 1.82) is 0 Å². The van der Waals surface area contributed by atoms with Gasteiger partial charge in [-0.2, -0.15) is 0 Å². The van der Waals surface area contributed by atoms with Gasteiger partial charge in [-0.05, 0) is 13.8 Å². The van der Waals surface area contributed by atoms with Gasteiger partial charge in [-0.3, -0.25) is 9.88 Å². The zero-order valence-corrected chi connectivity index (χ0v) is 11.0. The van der Waals surface area contributed by atoms with Gasteiger partial charge in [-0.25, -0.2) is 4.39 Å². The number of β-amino-alcohol motifs (C(OH)–C–C–N with tert-alkyl or cyclic N) is 1. The van der Waals surface area contributed by atoms with Crippen LogP contribution in [-0.2, 0) is 6.54 Å². The van der Waals surface area contributed by atoms with Crippen LogP contribution in [0.5, 0.6) is 5.75 Å². The van der Waals surface area contributed by atoms with Crippen molar-refractivity contribution in [2.75, 3.05) is 20.2 Å². The van der Waals surface area contributed by atoms with E-state index in [4.69, 9.17) is 4.74 Å². The summed E-state index contributed by atoms with van der Waals surface area (Å²) in [5, 5.41) is 9.40. The van der Waals surface area contributed by atoms with Crippen molar-refractivity contribution in [3.05, 3.63) is 23.0 Å². The molecule has 1 saturated heterocycles.